The number of nitrogens with zero attached hydrogens (tertiary/aromatic N) is 3. The number of rotatable bonds is 4. The molecule has 0 spiro atoms. The summed E-state index contributed by atoms with van der Waals surface area (Å²) in [5, 5.41) is 17.3. The van der Waals surface area contributed by atoms with Crippen molar-refractivity contribution in [3.63, 3.8) is 0 Å². The van der Waals surface area contributed by atoms with Crippen LogP contribution in [-0.4, -0.2) is 20.6 Å². The third-order valence-corrected chi connectivity index (χ3v) is 3.79. The van der Waals surface area contributed by atoms with Gasteiger partial charge in [0.05, 0.1) is 4.34 Å². The Hall–Kier alpha value is -1.92. The van der Waals surface area contributed by atoms with Crippen LogP contribution >= 0.6 is 22.9 Å². The summed E-state index contributed by atoms with van der Waals surface area (Å²) in [5.74, 6) is 0.586. The molecule has 0 saturated heterocycles. The smallest absolute Gasteiger partial charge is 0.204 e. The molecule has 0 radical (unpaired) electrons. The molecule has 19 heavy (non-hydrogen) atoms. The third-order valence-electron chi connectivity index (χ3n) is 2.56. The minimum Gasteiger partial charge on any atom is -0.380 e. The zero-order valence-corrected chi connectivity index (χ0v) is 11.4. The van der Waals surface area contributed by atoms with Gasteiger partial charge in [-0.1, -0.05) is 23.7 Å². The zero-order chi connectivity index (χ0) is 13.1. The summed E-state index contributed by atoms with van der Waals surface area (Å²) in [6, 6.07) is 11.8. The molecule has 2 aromatic heterocycles. The van der Waals surface area contributed by atoms with Gasteiger partial charge in [0, 0.05) is 22.7 Å². The third kappa shape index (κ3) is 2.91. The lowest BCUT2D eigenvalue weighted by Crippen LogP contribution is -1.97. The Labute approximate surface area is 118 Å². The number of H-pyrrole nitrogens is 1. The molecule has 2 N–H and O–H groups in total. The van der Waals surface area contributed by atoms with Crippen molar-refractivity contribution in [1.29, 1.82) is 0 Å². The molecule has 2 heterocycles. The SMILES string of the molecule is Clc1ccc(CNc2cccc(-c3nn[nH]n3)c2)s1. The highest BCUT2D eigenvalue weighted by molar-refractivity contribution is 7.16. The quantitative estimate of drug-likeness (QED) is 0.775. The second-order valence-electron chi connectivity index (χ2n) is 3.88. The van der Waals surface area contributed by atoms with Gasteiger partial charge in [-0.25, -0.2) is 0 Å². The van der Waals surface area contributed by atoms with Crippen LogP contribution in [0.1, 0.15) is 4.88 Å². The van der Waals surface area contributed by atoms with Crippen molar-refractivity contribution in [3.8, 4) is 11.4 Å². The van der Waals surface area contributed by atoms with E-state index in [2.05, 4.69) is 25.9 Å². The van der Waals surface area contributed by atoms with Gasteiger partial charge in [-0.15, -0.1) is 21.5 Å². The number of anilines is 1. The van der Waals surface area contributed by atoms with E-state index in [1.54, 1.807) is 11.3 Å². The Balaban J connectivity index is 1.73. The summed E-state index contributed by atoms with van der Waals surface area (Å²) < 4.78 is 0.803. The number of nitrogens with one attached hydrogen (secondary N) is 2. The van der Waals surface area contributed by atoms with Crippen LogP contribution in [0.15, 0.2) is 36.4 Å². The van der Waals surface area contributed by atoms with E-state index in [0.717, 1.165) is 22.1 Å². The maximum absolute atomic E-state index is 5.90. The molecule has 0 fully saturated rings. The van der Waals surface area contributed by atoms with Crippen LogP contribution < -0.4 is 5.32 Å². The first-order chi connectivity index (χ1) is 9.31. The predicted octanol–water partition coefficient (Wildman–Crippen LogP) is 3.19. The zero-order valence-electron chi connectivity index (χ0n) is 9.80. The summed E-state index contributed by atoms with van der Waals surface area (Å²) in [5.41, 5.74) is 1.93. The number of aromatic amines is 1. The molecule has 3 rings (SSSR count). The maximum Gasteiger partial charge on any atom is 0.204 e. The largest absolute Gasteiger partial charge is 0.380 e. The Morgan fingerprint density at radius 3 is 2.95 bits per heavy atom. The molecule has 1 aromatic carbocycles. The summed E-state index contributed by atoms with van der Waals surface area (Å²) in [4.78, 5) is 1.19. The van der Waals surface area contributed by atoms with Crippen LogP contribution in [0.5, 0.6) is 0 Å². The average Bonchev–Trinajstić information content (AvgIpc) is 3.08. The van der Waals surface area contributed by atoms with E-state index in [-0.39, 0.29) is 0 Å². The fraction of sp³-hybridized carbons (Fsp3) is 0.0833. The number of hydrogen-bond acceptors (Lipinski definition) is 5. The number of hydrogen-bond donors (Lipinski definition) is 2. The number of thiophene rings is 1. The molecule has 0 amide bonds. The Morgan fingerprint density at radius 1 is 1.26 bits per heavy atom. The van der Waals surface area contributed by atoms with E-state index >= 15 is 0 Å². The summed E-state index contributed by atoms with van der Waals surface area (Å²) in [6.45, 7) is 0.743. The molecule has 0 aliphatic rings. The maximum atomic E-state index is 5.90. The monoisotopic (exact) mass is 291 g/mol. The molecule has 0 aliphatic heterocycles. The molecule has 0 aliphatic carbocycles. The molecule has 0 unspecified atom stereocenters. The van der Waals surface area contributed by atoms with Crippen LogP contribution in [0.4, 0.5) is 5.69 Å². The molecule has 5 nitrogen and oxygen atoms in total. The predicted molar refractivity (Wildman–Crippen MR) is 76.3 cm³/mol. The molecular weight excluding hydrogens is 282 g/mol. The van der Waals surface area contributed by atoms with Gasteiger partial charge in [0.2, 0.25) is 5.82 Å². The van der Waals surface area contributed by atoms with E-state index in [4.69, 9.17) is 11.6 Å². The summed E-state index contributed by atoms with van der Waals surface area (Å²) in [7, 11) is 0. The van der Waals surface area contributed by atoms with Crippen LogP contribution in [0.2, 0.25) is 4.34 Å². The minimum atomic E-state index is 0.586. The Morgan fingerprint density at radius 2 is 2.21 bits per heavy atom. The first-order valence-corrected chi connectivity index (χ1v) is 6.83. The second kappa shape index (κ2) is 5.38. The molecule has 0 bridgehead atoms. The standard InChI is InChI=1S/C12H10ClN5S/c13-11-5-4-10(19-11)7-14-9-3-1-2-8(6-9)12-15-17-18-16-12/h1-6,14H,7H2,(H,15,16,17,18). The van der Waals surface area contributed by atoms with Crippen LogP contribution in [0.3, 0.4) is 0 Å². The molecule has 0 atom stereocenters. The Bertz CT molecular complexity index is 664. The average molecular weight is 292 g/mol. The normalized spacial score (nSPS) is 10.6. The lowest BCUT2D eigenvalue weighted by atomic mass is 10.2. The van der Waals surface area contributed by atoms with Crippen molar-refractivity contribution in [2.24, 2.45) is 0 Å². The lowest BCUT2D eigenvalue weighted by molar-refractivity contribution is 0.881. The van der Waals surface area contributed by atoms with Gasteiger partial charge in [0.15, 0.2) is 0 Å². The van der Waals surface area contributed by atoms with Gasteiger partial charge in [-0.05, 0) is 29.5 Å². The van der Waals surface area contributed by atoms with E-state index in [0.29, 0.717) is 5.82 Å². The molecule has 7 heteroatoms. The lowest BCUT2D eigenvalue weighted by Gasteiger charge is -2.05. The van der Waals surface area contributed by atoms with Crippen molar-refractivity contribution in [1.82, 2.24) is 20.6 Å². The summed E-state index contributed by atoms with van der Waals surface area (Å²) in [6.07, 6.45) is 0. The van der Waals surface area contributed by atoms with Crippen molar-refractivity contribution >= 4 is 28.6 Å². The number of halogens is 1. The second-order valence-corrected chi connectivity index (χ2v) is 5.68. The van der Waals surface area contributed by atoms with Crippen molar-refractivity contribution in [3.05, 3.63) is 45.6 Å². The molecule has 0 saturated carbocycles. The number of benzene rings is 1. The fourth-order valence-corrected chi connectivity index (χ4v) is 2.72. The van der Waals surface area contributed by atoms with Crippen molar-refractivity contribution < 1.29 is 0 Å². The van der Waals surface area contributed by atoms with Gasteiger partial charge in [-0.2, -0.15) is 5.21 Å². The van der Waals surface area contributed by atoms with E-state index in [1.807, 2.05) is 36.4 Å². The highest BCUT2D eigenvalue weighted by Crippen LogP contribution is 2.23. The van der Waals surface area contributed by atoms with E-state index < -0.39 is 0 Å². The summed E-state index contributed by atoms with van der Waals surface area (Å²) >= 11 is 7.47. The van der Waals surface area contributed by atoms with E-state index in [1.165, 1.54) is 4.88 Å². The minimum absolute atomic E-state index is 0.586. The van der Waals surface area contributed by atoms with Gasteiger partial charge in [0.25, 0.3) is 0 Å². The van der Waals surface area contributed by atoms with Crippen molar-refractivity contribution in [2.75, 3.05) is 5.32 Å². The van der Waals surface area contributed by atoms with Crippen molar-refractivity contribution in [2.45, 2.75) is 6.54 Å². The van der Waals surface area contributed by atoms with Crippen LogP contribution in [0.25, 0.3) is 11.4 Å². The molecule has 3 aromatic rings. The highest BCUT2D eigenvalue weighted by Gasteiger charge is 2.04. The first-order valence-electron chi connectivity index (χ1n) is 5.63. The first kappa shape index (κ1) is 12.1. The van der Waals surface area contributed by atoms with Crippen LogP contribution in [-0.2, 0) is 6.54 Å². The molecule has 96 valence electrons. The van der Waals surface area contributed by atoms with Gasteiger partial charge >= 0.3 is 0 Å². The fourth-order valence-electron chi connectivity index (χ4n) is 1.69. The molecular formula is C12H10ClN5S. The van der Waals surface area contributed by atoms with E-state index in [9.17, 15) is 0 Å². The van der Waals surface area contributed by atoms with Crippen LogP contribution in [0, 0.1) is 0 Å². The van der Waals surface area contributed by atoms with Gasteiger partial charge in [-0.3, -0.25) is 0 Å². The Kier molecular flexibility index (Phi) is 3.43. The highest BCUT2D eigenvalue weighted by atomic mass is 35.5. The van der Waals surface area contributed by atoms with Gasteiger partial charge in [0.1, 0.15) is 0 Å². The number of aromatic nitrogens is 4. The van der Waals surface area contributed by atoms with Gasteiger partial charge < -0.3 is 5.32 Å². The topological polar surface area (TPSA) is 66.5 Å². The number of tetrazole rings is 1.